The predicted octanol–water partition coefficient (Wildman–Crippen LogP) is 2.76. The Labute approximate surface area is 117 Å². The van der Waals surface area contributed by atoms with Gasteiger partial charge in [-0.3, -0.25) is 4.90 Å². The van der Waals surface area contributed by atoms with Crippen LogP contribution in [0.5, 0.6) is 0 Å². The van der Waals surface area contributed by atoms with E-state index in [1.807, 2.05) is 0 Å². The van der Waals surface area contributed by atoms with Crippen molar-refractivity contribution in [3.05, 3.63) is 35.4 Å². The van der Waals surface area contributed by atoms with Gasteiger partial charge in [0.25, 0.3) is 0 Å². The van der Waals surface area contributed by atoms with Gasteiger partial charge in [-0.2, -0.15) is 0 Å². The van der Waals surface area contributed by atoms with E-state index in [1.165, 1.54) is 37.8 Å². The Balaban J connectivity index is 2.05. The van der Waals surface area contributed by atoms with Gasteiger partial charge in [0.15, 0.2) is 0 Å². The van der Waals surface area contributed by atoms with Gasteiger partial charge in [-0.25, -0.2) is 0 Å². The fourth-order valence-corrected chi connectivity index (χ4v) is 2.70. The predicted molar refractivity (Wildman–Crippen MR) is 80.7 cm³/mol. The molecule has 2 heteroatoms. The van der Waals surface area contributed by atoms with E-state index < -0.39 is 0 Å². The monoisotopic (exact) mass is 256 g/mol. The number of nitrogens with zero attached hydrogens (tertiary/aromatic N) is 1. The second-order valence-electron chi connectivity index (χ2n) is 5.38. The first-order valence-electron chi connectivity index (χ1n) is 7.31. The van der Waals surface area contributed by atoms with Crippen LogP contribution in [0.3, 0.4) is 0 Å². The molecule has 1 unspecified atom stereocenters. The summed E-state index contributed by atoms with van der Waals surface area (Å²) < 4.78 is 0. The maximum absolute atomic E-state index is 5.42. The second kappa shape index (κ2) is 7.33. The highest BCUT2D eigenvalue weighted by Crippen LogP contribution is 2.19. The summed E-state index contributed by atoms with van der Waals surface area (Å²) in [5.74, 6) is 6.03. The molecule has 1 aliphatic rings. The van der Waals surface area contributed by atoms with Gasteiger partial charge in [-0.1, -0.05) is 36.8 Å². The fourth-order valence-electron chi connectivity index (χ4n) is 2.70. The van der Waals surface area contributed by atoms with Gasteiger partial charge in [-0.15, -0.1) is 0 Å². The van der Waals surface area contributed by atoms with Gasteiger partial charge in [0.1, 0.15) is 0 Å². The van der Waals surface area contributed by atoms with Gasteiger partial charge >= 0.3 is 0 Å². The molecule has 102 valence electrons. The lowest BCUT2D eigenvalue weighted by atomic mass is 10.1. The topological polar surface area (TPSA) is 29.3 Å². The number of hydrogen-bond donors (Lipinski definition) is 1. The molecule has 19 heavy (non-hydrogen) atoms. The number of hydrogen-bond acceptors (Lipinski definition) is 2. The first-order chi connectivity index (χ1) is 9.29. The normalized spacial score (nSPS) is 20.4. The largest absolute Gasteiger partial charge is 0.320 e. The highest BCUT2D eigenvalue weighted by Gasteiger charge is 2.16. The van der Waals surface area contributed by atoms with E-state index in [9.17, 15) is 0 Å². The van der Waals surface area contributed by atoms with Crippen molar-refractivity contribution in [2.75, 3.05) is 13.1 Å². The average Bonchev–Trinajstić information content (AvgIpc) is 2.62. The molecule has 1 saturated heterocycles. The lowest BCUT2D eigenvalue weighted by Gasteiger charge is -2.26. The number of rotatable bonds is 2. The Morgan fingerprint density at radius 2 is 2.21 bits per heavy atom. The quantitative estimate of drug-likeness (QED) is 0.824. The van der Waals surface area contributed by atoms with Crippen LogP contribution in [0.4, 0.5) is 0 Å². The molecule has 1 aromatic carbocycles. The summed E-state index contributed by atoms with van der Waals surface area (Å²) in [4.78, 5) is 2.60. The second-order valence-corrected chi connectivity index (χ2v) is 5.38. The molecule has 2 N–H and O–H groups in total. The van der Waals surface area contributed by atoms with Crippen molar-refractivity contribution in [3.63, 3.8) is 0 Å². The van der Waals surface area contributed by atoms with E-state index in [2.05, 4.69) is 47.9 Å². The molecule has 1 fully saturated rings. The average molecular weight is 256 g/mol. The molecule has 2 rings (SSSR count). The molecule has 0 aliphatic carbocycles. The number of nitrogens with two attached hydrogens (primary N) is 1. The van der Waals surface area contributed by atoms with E-state index in [4.69, 9.17) is 5.73 Å². The van der Waals surface area contributed by atoms with Gasteiger partial charge in [-0.05, 0) is 44.0 Å². The smallest absolute Gasteiger partial charge is 0.0555 e. The SMILES string of the molecule is CC1CCCCCN1Cc1cccc(C#CCN)c1. The molecule has 0 saturated carbocycles. The van der Waals surface area contributed by atoms with Gasteiger partial charge in [0.05, 0.1) is 6.54 Å². The Kier molecular flexibility index (Phi) is 5.44. The zero-order chi connectivity index (χ0) is 13.5. The van der Waals surface area contributed by atoms with Crippen LogP contribution in [0.2, 0.25) is 0 Å². The molecule has 0 bridgehead atoms. The molecule has 1 atom stereocenters. The number of likely N-dealkylation sites (tertiary alicyclic amines) is 1. The van der Waals surface area contributed by atoms with Crippen molar-refractivity contribution in [2.45, 2.75) is 45.2 Å². The van der Waals surface area contributed by atoms with Crippen LogP contribution in [-0.2, 0) is 6.54 Å². The molecule has 1 heterocycles. The van der Waals surface area contributed by atoms with Crippen molar-refractivity contribution >= 4 is 0 Å². The van der Waals surface area contributed by atoms with Crippen molar-refractivity contribution in [1.29, 1.82) is 0 Å². The van der Waals surface area contributed by atoms with Crippen LogP contribution in [0.1, 0.15) is 43.7 Å². The Bertz CT molecular complexity index is 456. The molecular weight excluding hydrogens is 232 g/mol. The lowest BCUT2D eigenvalue weighted by Crippen LogP contribution is -2.31. The molecule has 0 amide bonds. The van der Waals surface area contributed by atoms with Crippen molar-refractivity contribution in [3.8, 4) is 11.8 Å². The third-order valence-corrected chi connectivity index (χ3v) is 3.84. The third kappa shape index (κ3) is 4.38. The first-order valence-corrected chi connectivity index (χ1v) is 7.31. The van der Waals surface area contributed by atoms with Crippen LogP contribution in [0.25, 0.3) is 0 Å². The summed E-state index contributed by atoms with van der Waals surface area (Å²) in [5.41, 5.74) is 7.85. The van der Waals surface area contributed by atoms with Crippen molar-refractivity contribution in [2.24, 2.45) is 5.73 Å². The summed E-state index contributed by atoms with van der Waals surface area (Å²) in [6.07, 6.45) is 5.41. The molecule has 0 aromatic heterocycles. The van der Waals surface area contributed by atoms with E-state index in [0.29, 0.717) is 12.6 Å². The Hall–Kier alpha value is -1.30. The summed E-state index contributed by atoms with van der Waals surface area (Å²) in [7, 11) is 0. The highest BCUT2D eigenvalue weighted by atomic mass is 15.1. The molecule has 0 radical (unpaired) electrons. The third-order valence-electron chi connectivity index (χ3n) is 3.84. The van der Waals surface area contributed by atoms with Crippen LogP contribution in [0, 0.1) is 11.8 Å². The maximum Gasteiger partial charge on any atom is 0.0555 e. The minimum absolute atomic E-state index is 0.424. The van der Waals surface area contributed by atoms with Crippen molar-refractivity contribution in [1.82, 2.24) is 4.90 Å². The fraction of sp³-hybridized carbons (Fsp3) is 0.529. The summed E-state index contributed by atoms with van der Waals surface area (Å²) in [5, 5.41) is 0. The van der Waals surface area contributed by atoms with Crippen LogP contribution >= 0.6 is 0 Å². The van der Waals surface area contributed by atoms with Crippen LogP contribution in [-0.4, -0.2) is 24.0 Å². The summed E-state index contributed by atoms with van der Waals surface area (Å²) >= 11 is 0. The Morgan fingerprint density at radius 3 is 3.05 bits per heavy atom. The van der Waals surface area contributed by atoms with Gasteiger partial charge < -0.3 is 5.73 Å². The molecular formula is C17H24N2. The Morgan fingerprint density at radius 1 is 1.32 bits per heavy atom. The number of benzene rings is 1. The van der Waals surface area contributed by atoms with Gasteiger partial charge in [0.2, 0.25) is 0 Å². The minimum Gasteiger partial charge on any atom is -0.320 e. The maximum atomic E-state index is 5.42. The lowest BCUT2D eigenvalue weighted by molar-refractivity contribution is 0.205. The van der Waals surface area contributed by atoms with Crippen molar-refractivity contribution < 1.29 is 0 Å². The van der Waals surface area contributed by atoms with E-state index in [0.717, 1.165) is 12.1 Å². The van der Waals surface area contributed by atoms with Crippen LogP contribution < -0.4 is 5.73 Å². The molecule has 0 spiro atoms. The van der Waals surface area contributed by atoms with E-state index >= 15 is 0 Å². The first kappa shape index (κ1) is 14.1. The molecule has 1 aromatic rings. The standard InChI is InChI=1S/C17H24N2/c1-15-7-3-2-4-12-19(15)14-17-9-5-8-16(13-17)10-6-11-18/h5,8-9,13,15H,2-4,7,11-12,14,18H2,1H3. The van der Waals surface area contributed by atoms with Crippen LogP contribution in [0.15, 0.2) is 24.3 Å². The zero-order valence-electron chi connectivity index (χ0n) is 11.9. The summed E-state index contributed by atoms with van der Waals surface area (Å²) in [6.45, 7) is 5.04. The molecule has 2 nitrogen and oxygen atoms in total. The van der Waals surface area contributed by atoms with E-state index in [1.54, 1.807) is 0 Å². The van der Waals surface area contributed by atoms with Gasteiger partial charge in [0, 0.05) is 18.2 Å². The summed E-state index contributed by atoms with van der Waals surface area (Å²) in [6, 6.07) is 9.24. The van der Waals surface area contributed by atoms with E-state index in [-0.39, 0.29) is 0 Å². The zero-order valence-corrected chi connectivity index (χ0v) is 11.9. The molecule has 1 aliphatic heterocycles. The minimum atomic E-state index is 0.424. The highest BCUT2D eigenvalue weighted by molar-refractivity contribution is 5.37.